The van der Waals surface area contributed by atoms with Crippen molar-refractivity contribution in [1.29, 1.82) is 0 Å². The van der Waals surface area contributed by atoms with Crippen molar-refractivity contribution in [2.45, 2.75) is 38.0 Å². The van der Waals surface area contributed by atoms with E-state index in [1.54, 1.807) is 6.08 Å². The van der Waals surface area contributed by atoms with Gasteiger partial charge in [0.25, 0.3) is 0 Å². The zero-order valence-corrected chi connectivity index (χ0v) is 12.4. The van der Waals surface area contributed by atoms with Crippen LogP contribution in [0.2, 0.25) is 0 Å². The molecule has 1 aromatic carbocycles. The van der Waals surface area contributed by atoms with Crippen molar-refractivity contribution >= 4 is 5.78 Å². The van der Waals surface area contributed by atoms with Crippen molar-refractivity contribution in [2.24, 2.45) is 11.0 Å². The van der Waals surface area contributed by atoms with Crippen molar-refractivity contribution in [2.75, 3.05) is 6.54 Å². The van der Waals surface area contributed by atoms with Gasteiger partial charge in [0, 0.05) is 23.3 Å². The highest BCUT2D eigenvalue weighted by Gasteiger charge is 2.36. The van der Waals surface area contributed by atoms with Crippen molar-refractivity contribution in [3.8, 4) is 0 Å². The lowest BCUT2D eigenvalue weighted by Crippen LogP contribution is -2.34. The molecule has 4 nitrogen and oxygen atoms in total. The Bertz CT molecular complexity index is 561. The molecule has 0 aliphatic heterocycles. The van der Waals surface area contributed by atoms with Gasteiger partial charge in [-0.1, -0.05) is 54.9 Å². The topological polar surface area (TPSA) is 65.8 Å². The van der Waals surface area contributed by atoms with E-state index in [-0.39, 0.29) is 11.2 Å². The number of rotatable bonds is 6. The number of ketones is 1. The van der Waals surface area contributed by atoms with Crippen LogP contribution in [-0.4, -0.2) is 12.3 Å². The SMILES string of the molecule is C[C@@]1(c2ccccc2)C=CC(=O)C[C@H]1CCCCN=[N+]=[N-]. The van der Waals surface area contributed by atoms with Crippen LogP contribution < -0.4 is 0 Å². The largest absolute Gasteiger partial charge is 0.295 e. The molecule has 0 unspecified atom stereocenters. The number of unbranched alkanes of at least 4 members (excludes halogenated alkanes) is 1. The molecule has 1 aliphatic rings. The summed E-state index contributed by atoms with van der Waals surface area (Å²) in [5, 5.41) is 3.56. The number of carbonyl (C=O) groups is 1. The minimum absolute atomic E-state index is 0.0896. The standard InChI is InChI=1S/C17H21N3O/c1-17(14-7-3-2-4-8-14)11-10-16(21)13-15(17)9-5-6-12-19-20-18/h2-4,7-8,10-11,15H,5-6,9,12-13H2,1H3/t15-,17+/m1/s1. The maximum atomic E-state index is 11.8. The van der Waals surface area contributed by atoms with Crippen LogP contribution in [0.3, 0.4) is 0 Å². The van der Waals surface area contributed by atoms with Crippen molar-refractivity contribution in [1.82, 2.24) is 0 Å². The fourth-order valence-corrected chi connectivity index (χ4v) is 3.07. The first kappa shape index (κ1) is 15.3. The summed E-state index contributed by atoms with van der Waals surface area (Å²) in [4.78, 5) is 14.5. The van der Waals surface area contributed by atoms with Crippen LogP contribution in [0.15, 0.2) is 47.6 Å². The molecule has 1 aromatic rings. The van der Waals surface area contributed by atoms with Gasteiger partial charge < -0.3 is 0 Å². The van der Waals surface area contributed by atoms with Gasteiger partial charge in [-0.3, -0.25) is 4.79 Å². The second-order valence-electron chi connectivity index (χ2n) is 5.80. The monoisotopic (exact) mass is 283 g/mol. The summed E-state index contributed by atoms with van der Waals surface area (Å²) in [6.45, 7) is 2.75. The fourth-order valence-electron chi connectivity index (χ4n) is 3.07. The molecule has 0 bridgehead atoms. The third-order valence-corrected chi connectivity index (χ3v) is 4.43. The number of nitrogens with zero attached hydrogens (tertiary/aromatic N) is 3. The van der Waals surface area contributed by atoms with E-state index in [9.17, 15) is 4.79 Å². The molecule has 0 N–H and O–H groups in total. The van der Waals surface area contributed by atoms with Gasteiger partial charge >= 0.3 is 0 Å². The molecule has 0 heterocycles. The molecule has 2 atom stereocenters. The van der Waals surface area contributed by atoms with Crippen LogP contribution in [0.5, 0.6) is 0 Å². The fraction of sp³-hybridized carbons (Fsp3) is 0.471. The van der Waals surface area contributed by atoms with E-state index in [0.717, 1.165) is 19.3 Å². The minimum atomic E-state index is -0.0896. The summed E-state index contributed by atoms with van der Waals surface area (Å²) < 4.78 is 0. The molecule has 0 amide bonds. The van der Waals surface area contributed by atoms with Gasteiger partial charge in [0.15, 0.2) is 5.78 Å². The summed E-state index contributed by atoms with van der Waals surface area (Å²) >= 11 is 0. The van der Waals surface area contributed by atoms with Gasteiger partial charge in [-0.05, 0) is 35.9 Å². The lowest BCUT2D eigenvalue weighted by Gasteiger charge is -2.38. The predicted molar refractivity (Wildman–Crippen MR) is 83.9 cm³/mol. The van der Waals surface area contributed by atoms with Crippen molar-refractivity contribution in [3.05, 3.63) is 58.5 Å². The number of hydrogen-bond donors (Lipinski definition) is 0. The van der Waals surface area contributed by atoms with Crippen LogP contribution in [-0.2, 0) is 10.2 Å². The van der Waals surface area contributed by atoms with Gasteiger partial charge in [-0.15, -0.1) is 0 Å². The number of azide groups is 1. The Balaban J connectivity index is 2.11. The molecule has 0 saturated carbocycles. The zero-order valence-electron chi connectivity index (χ0n) is 12.4. The lowest BCUT2D eigenvalue weighted by molar-refractivity contribution is -0.116. The van der Waals surface area contributed by atoms with E-state index in [0.29, 0.717) is 18.9 Å². The van der Waals surface area contributed by atoms with E-state index < -0.39 is 0 Å². The molecular formula is C17H21N3O. The third kappa shape index (κ3) is 3.73. The normalized spacial score (nSPS) is 24.6. The molecule has 110 valence electrons. The number of allylic oxidation sites excluding steroid dienone is 2. The van der Waals surface area contributed by atoms with Crippen molar-refractivity contribution in [3.63, 3.8) is 0 Å². The maximum absolute atomic E-state index is 11.8. The Morgan fingerprint density at radius 3 is 2.81 bits per heavy atom. The predicted octanol–water partition coefficient (Wildman–Crippen LogP) is 4.57. The average Bonchev–Trinajstić information content (AvgIpc) is 2.51. The van der Waals surface area contributed by atoms with Crippen LogP contribution in [0.25, 0.3) is 10.4 Å². The highest BCUT2D eigenvalue weighted by molar-refractivity contribution is 5.91. The highest BCUT2D eigenvalue weighted by Crippen LogP contribution is 2.41. The Hall–Kier alpha value is -2.06. The van der Waals surface area contributed by atoms with E-state index >= 15 is 0 Å². The second-order valence-corrected chi connectivity index (χ2v) is 5.80. The Kier molecular flexibility index (Phi) is 5.18. The Labute approximate surface area is 125 Å². The lowest BCUT2D eigenvalue weighted by atomic mass is 9.65. The number of carbonyl (C=O) groups excluding carboxylic acids is 1. The molecule has 0 spiro atoms. The summed E-state index contributed by atoms with van der Waals surface area (Å²) in [6, 6.07) is 10.4. The summed E-state index contributed by atoms with van der Waals surface area (Å²) in [5.41, 5.74) is 9.45. The van der Waals surface area contributed by atoms with E-state index in [1.807, 2.05) is 18.2 Å². The Morgan fingerprint density at radius 1 is 1.33 bits per heavy atom. The molecule has 4 heteroatoms. The summed E-state index contributed by atoms with van der Waals surface area (Å²) in [7, 11) is 0. The van der Waals surface area contributed by atoms with E-state index in [1.165, 1.54) is 5.56 Å². The van der Waals surface area contributed by atoms with Crippen LogP contribution >= 0.6 is 0 Å². The van der Waals surface area contributed by atoms with Crippen molar-refractivity contribution < 1.29 is 4.79 Å². The molecule has 1 aliphatic carbocycles. The molecular weight excluding hydrogens is 262 g/mol. The molecule has 0 radical (unpaired) electrons. The Morgan fingerprint density at radius 2 is 2.10 bits per heavy atom. The summed E-state index contributed by atoms with van der Waals surface area (Å²) in [6.07, 6.45) is 7.22. The molecule has 0 saturated heterocycles. The first-order valence-corrected chi connectivity index (χ1v) is 7.45. The van der Waals surface area contributed by atoms with Gasteiger partial charge in [-0.25, -0.2) is 0 Å². The molecule has 0 aromatic heterocycles. The maximum Gasteiger partial charge on any atom is 0.155 e. The summed E-state index contributed by atoms with van der Waals surface area (Å²) in [5.74, 6) is 0.520. The van der Waals surface area contributed by atoms with E-state index in [2.05, 4.69) is 35.2 Å². The smallest absolute Gasteiger partial charge is 0.155 e. The van der Waals surface area contributed by atoms with Crippen LogP contribution in [0.4, 0.5) is 0 Å². The van der Waals surface area contributed by atoms with Crippen LogP contribution in [0.1, 0.15) is 38.2 Å². The van der Waals surface area contributed by atoms with Gasteiger partial charge in [0.1, 0.15) is 0 Å². The zero-order chi connectivity index (χ0) is 15.1. The first-order valence-electron chi connectivity index (χ1n) is 7.45. The molecule has 21 heavy (non-hydrogen) atoms. The number of hydrogen-bond acceptors (Lipinski definition) is 2. The highest BCUT2D eigenvalue weighted by atomic mass is 16.1. The quantitative estimate of drug-likeness (QED) is 0.326. The minimum Gasteiger partial charge on any atom is -0.295 e. The first-order chi connectivity index (χ1) is 10.2. The van der Waals surface area contributed by atoms with E-state index in [4.69, 9.17) is 5.53 Å². The number of benzene rings is 1. The van der Waals surface area contributed by atoms with Gasteiger partial charge in [0.2, 0.25) is 0 Å². The average molecular weight is 283 g/mol. The molecule has 2 rings (SSSR count). The van der Waals surface area contributed by atoms with Crippen LogP contribution in [0, 0.1) is 5.92 Å². The second kappa shape index (κ2) is 7.09. The van der Waals surface area contributed by atoms with Gasteiger partial charge in [0.05, 0.1) is 0 Å². The molecule has 0 fully saturated rings. The van der Waals surface area contributed by atoms with Gasteiger partial charge in [-0.2, -0.15) is 0 Å². The third-order valence-electron chi connectivity index (χ3n) is 4.43.